The third-order valence-electron chi connectivity index (χ3n) is 4.03. The molecular formula is C19H24O. The van der Waals surface area contributed by atoms with Gasteiger partial charge >= 0.3 is 0 Å². The summed E-state index contributed by atoms with van der Waals surface area (Å²) in [6.07, 6.45) is 1.88. The van der Waals surface area contributed by atoms with E-state index >= 15 is 0 Å². The number of aliphatic hydroxyl groups is 1. The van der Waals surface area contributed by atoms with E-state index < -0.39 is 0 Å². The number of hydrogen-bond donors (Lipinski definition) is 1. The van der Waals surface area contributed by atoms with Gasteiger partial charge in [-0.1, -0.05) is 48.0 Å². The molecule has 2 rings (SSSR count). The maximum absolute atomic E-state index is 9.69. The number of hydrogen-bond acceptors (Lipinski definition) is 1. The molecule has 0 radical (unpaired) electrons. The van der Waals surface area contributed by atoms with E-state index in [0.717, 1.165) is 12.8 Å². The molecule has 0 aliphatic heterocycles. The molecule has 2 aromatic carbocycles. The summed E-state index contributed by atoms with van der Waals surface area (Å²) in [5.41, 5.74) is 6.63. The quantitative estimate of drug-likeness (QED) is 0.869. The lowest BCUT2D eigenvalue weighted by atomic mass is 9.89. The van der Waals surface area contributed by atoms with Crippen molar-refractivity contribution in [2.45, 2.75) is 33.6 Å². The van der Waals surface area contributed by atoms with Gasteiger partial charge in [-0.05, 0) is 61.8 Å². The van der Waals surface area contributed by atoms with Crippen molar-refractivity contribution in [3.8, 4) is 0 Å². The van der Waals surface area contributed by atoms with E-state index in [2.05, 4.69) is 63.2 Å². The molecule has 1 nitrogen and oxygen atoms in total. The molecule has 20 heavy (non-hydrogen) atoms. The molecule has 1 unspecified atom stereocenters. The molecule has 0 aliphatic carbocycles. The van der Waals surface area contributed by atoms with E-state index in [-0.39, 0.29) is 12.5 Å². The van der Waals surface area contributed by atoms with Crippen molar-refractivity contribution in [3.63, 3.8) is 0 Å². The SMILES string of the molecule is Cc1ccc(CC(CO)Cc2ccccc2C)c(C)c1. The Labute approximate surface area is 122 Å². The summed E-state index contributed by atoms with van der Waals surface area (Å²) in [7, 11) is 0. The highest BCUT2D eigenvalue weighted by atomic mass is 16.3. The zero-order valence-corrected chi connectivity index (χ0v) is 12.7. The Morgan fingerprint density at radius 2 is 1.50 bits per heavy atom. The lowest BCUT2D eigenvalue weighted by Crippen LogP contribution is -2.14. The van der Waals surface area contributed by atoms with Gasteiger partial charge in [0.2, 0.25) is 0 Å². The summed E-state index contributed by atoms with van der Waals surface area (Å²) in [6.45, 7) is 6.65. The monoisotopic (exact) mass is 268 g/mol. The minimum Gasteiger partial charge on any atom is -0.396 e. The molecule has 0 fully saturated rings. The highest BCUT2D eigenvalue weighted by Crippen LogP contribution is 2.20. The number of rotatable bonds is 5. The summed E-state index contributed by atoms with van der Waals surface area (Å²) >= 11 is 0. The molecule has 2 aromatic rings. The smallest absolute Gasteiger partial charge is 0.0465 e. The van der Waals surface area contributed by atoms with Crippen LogP contribution in [-0.2, 0) is 12.8 Å². The minimum absolute atomic E-state index is 0.238. The van der Waals surface area contributed by atoms with Crippen LogP contribution in [0.3, 0.4) is 0 Å². The van der Waals surface area contributed by atoms with Crippen LogP contribution in [-0.4, -0.2) is 11.7 Å². The third kappa shape index (κ3) is 3.71. The minimum atomic E-state index is 0.238. The van der Waals surface area contributed by atoms with Gasteiger partial charge < -0.3 is 5.11 Å². The molecule has 106 valence electrons. The largest absolute Gasteiger partial charge is 0.396 e. The lowest BCUT2D eigenvalue weighted by molar-refractivity contribution is 0.224. The second kappa shape index (κ2) is 6.71. The van der Waals surface area contributed by atoms with E-state index in [1.807, 2.05) is 0 Å². The molecule has 0 saturated heterocycles. The first-order chi connectivity index (χ1) is 9.60. The van der Waals surface area contributed by atoms with Crippen LogP contribution >= 0.6 is 0 Å². The van der Waals surface area contributed by atoms with Crippen LogP contribution in [0.15, 0.2) is 42.5 Å². The Bertz CT molecular complexity index is 572. The number of aliphatic hydroxyl groups excluding tert-OH is 1. The van der Waals surface area contributed by atoms with Gasteiger partial charge in [-0.15, -0.1) is 0 Å². The van der Waals surface area contributed by atoms with Crippen molar-refractivity contribution in [2.24, 2.45) is 5.92 Å². The van der Waals surface area contributed by atoms with Gasteiger partial charge in [-0.3, -0.25) is 0 Å². The van der Waals surface area contributed by atoms with Crippen LogP contribution in [0, 0.1) is 26.7 Å². The predicted octanol–water partition coefficient (Wildman–Crippen LogP) is 4.01. The van der Waals surface area contributed by atoms with Crippen molar-refractivity contribution in [1.82, 2.24) is 0 Å². The van der Waals surface area contributed by atoms with Crippen molar-refractivity contribution >= 4 is 0 Å². The Hall–Kier alpha value is -1.60. The second-order valence-electron chi connectivity index (χ2n) is 5.81. The fourth-order valence-corrected chi connectivity index (χ4v) is 2.74. The molecule has 0 heterocycles. The van der Waals surface area contributed by atoms with Gasteiger partial charge in [0.15, 0.2) is 0 Å². The maximum atomic E-state index is 9.69. The van der Waals surface area contributed by atoms with Gasteiger partial charge in [0.25, 0.3) is 0 Å². The van der Waals surface area contributed by atoms with E-state index in [1.54, 1.807) is 0 Å². The second-order valence-corrected chi connectivity index (χ2v) is 5.81. The lowest BCUT2D eigenvalue weighted by Gasteiger charge is -2.17. The van der Waals surface area contributed by atoms with E-state index in [1.165, 1.54) is 27.8 Å². The van der Waals surface area contributed by atoms with Crippen molar-refractivity contribution in [1.29, 1.82) is 0 Å². The molecule has 1 N–H and O–H groups in total. The highest BCUT2D eigenvalue weighted by Gasteiger charge is 2.12. The van der Waals surface area contributed by atoms with Crippen LogP contribution in [0.25, 0.3) is 0 Å². The first-order valence-electron chi connectivity index (χ1n) is 7.31. The van der Waals surface area contributed by atoms with Crippen LogP contribution in [0.2, 0.25) is 0 Å². The zero-order valence-electron chi connectivity index (χ0n) is 12.7. The van der Waals surface area contributed by atoms with Gasteiger partial charge in [0, 0.05) is 6.61 Å². The first-order valence-corrected chi connectivity index (χ1v) is 7.31. The summed E-state index contributed by atoms with van der Waals surface area (Å²) in [5, 5.41) is 9.69. The molecular weight excluding hydrogens is 244 g/mol. The highest BCUT2D eigenvalue weighted by molar-refractivity contribution is 5.31. The van der Waals surface area contributed by atoms with Crippen LogP contribution in [0.4, 0.5) is 0 Å². The van der Waals surface area contributed by atoms with E-state index in [9.17, 15) is 5.11 Å². The topological polar surface area (TPSA) is 20.2 Å². The molecule has 1 atom stereocenters. The van der Waals surface area contributed by atoms with Crippen molar-refractivity contribution in [3.05, 3.63) is 70.3 Å². The Morgan fingerprint density at radius 3 is 2.10 bits per heavy atom. The molecule has 0 aliphatic rings. The molecule has 0 bridgehead atoms. The van der Waals surface area contributed by atoms with Crippen molar-refractivity contribution in [2.75, 3.05) is 6.61 Å². The fraction of sp³-hybridized carbons (Fsp3) is 0.368. The maximum Gasteiger partial charge on any atom is 0.0465 e. The normalized spacial score (nSPS) is 12.4. The van der Waals surface area contributed by atoms with E-state index in [0.29, 0.717) is 0 Å². The molecule has 0 amide bonds. The van der Waals surface area contributed by atoms with Gasteiger partial charge in [0.1, 0.15) is 0 Å². The Kier molecular flexibility index (Phi) is 4.97. The third-order valence-corrected chi connectivity index (χ3v) is 4.03. The average Bonchev–Trinajstić information content (AvgIpc) is 2.43. The van der Waals surface area contributed by atoms with Gasteiger partial charge in [-0.2, -0.15) is 0 Å². The molecule has 0 saturated carbocycles. The molecule has 1 heteroatoms. The fourth-order valence-electron chi connectivity index (χ4n) is 2.74. The Balaban J connectivity index is 2.11. The van der Waals surface area contributed by atoms with Gasteiger partial charge in [-0.25, -0.2) is 0 Å². The molecule has 0 aromatic heterocycles. The molecule has 0 spiro atoms. The van der Waals surface area contributed by atoms with Crippen LogP contribution < -0.4 is 0 Å². The summed E-state index contributed by atoms with van der Waals surface area (Å²) in [5.74, 6) is 0.289. The van der Waals surface area contributed by atoms with Gasteiger partial charge in [0.05, 0.1) is 0 Å². The van der Waals surface area contributed by atoms with Crippen LogP contribution in [0.1, 0.15) is 27.8 Å². The summed E-state index contributed by atoms with van der Waals surface area (Å²) < 4.78 is 0. The summed E-state index contributed by atoms with van der Waals surface area (Å²) in [6, 6.07) is 15.0. The van der Waals surface area contributed by atoms with E-state index in [4.69, 9.17) is 0 Å². The first kappa shape index (κ1) is 14.8. The predicted molar refractivity (Wildman–Crippen MR) is 85.1 cm³/mol. The van der Waals surface area contributed by atoms with Crippen molar-refractivity contribution < 1.29 is 5.11 Å². The zero-order chi connectivity index (χ0) is 14.5. The Morgan fingerprint density at radius 1 is 0.850 bits per heavy atom. The average molecular weight is 268 g/mol. The standard InChI is InChI=1S/C19H24O/c1-14-8-9-19(16(3)10-14)12-17(13-20)11-18-7-5-4-6-15(18)2/h4-10,17,20H,11-13H2,1-3H3. The number of benzene rings is 2. The summed E-state index contributed by atoms with van der Waals surface area (Å²) in [4.78, 5) is 0. The van der Waals surface area contributed by atoms with Crippen LogP contribution in [0.5, 0.6) is 0 Å². The number of aryl methyl sites for hydroxylation is 3.